The molecule has 3 heterocycles. The maximum absolute atomic E-state index is 12.9. The van der Waals surface area contributed by atoms with Crippen LogP contribution in [0.5, 0.6) is 0 Å². The van der Waals surface area contributed by atoms with Crippen molar-refractivity contribution in [2.75, 3.05) is 37.6 Å². The van der Waals surface area contributed by atoms with Gasteiger partial charge < -0.3 is 19.9 Å². The molecule has 0 spiro atoms. The second kappa shape index (κ2) is 8.07. The lowest BCUT2D eigenvalue weighted by Gasteiger charge is -2.34. The third kappa shape index (κ3) is 3.88. The van der Waals surface area contributed by atoms with Crippen molar-refractivity contribution >= 4 is 28.6 Å². The Hall–Kier alpha value is -3.32. The van der Waals surface area contributed by atoms with E-state index in [4.69, 9.17) is 0 Å². The zero-order chi connectivity index (χ0) is 21.4. The summed E-state index contributed by atoms with van der Waals surface area (Å²) in [5.74, 6) is 0.118. The summed E-state index contributed by atoms with van der Waals surface area (Å²) in [5.41, 5.74) is 5.30. The fourth-order valence-corrected chi connectivity index (χ4v) is 4.66. The van der Waals surface area contributed by atoms with Gasteiger partial charge in [-0.05, 0) is 24.1 Å². The van der Waals surface area contributed by atoms with Gasteiger partial charge in [0.25, 0.3) is 0 Å². The molecule has 2 N–H and O–H groups in total. The third-order valence-corrected chi connectivity index (χ3v) is 6.40. The summed E-state index contributed by atoms with van der Waals surface area (Å²) in [6.45, 7) is 3.75. The van der Waals surface area contributed by atoms with Crippen LogP contribution in [0.1, 0.15) is 16.8 Å². The van der Waals surface area contributed by atoms with Crippen molar-refractivity contribution in [2.24, 2.45) is 0 Å². The summed E-state index contributed by atoms with van der Waals surface area (Å²) in [4.78, 5) is 33.2. The van der Waals surface area contributed by atoms with Gasteiger partial charge in [0, 0.05) is 60.4 Å². The number of carboxylic acid groups (broad SMARTS) is 1. The van der Waals surface area contributed by atoms with Gasteiger partial charge in [0.15, 0.2) is 0 Å². The number of aromatic nitrogens is 1. The predicted octanol–water partition coefficient (Wildman–Crippen LogP) is 3.10. The van der Waals surface area contributed by atoms with Crippen molar-refractivity contribution in [3.63, 3.8) is 0 Å². The molecule has 2 aliphatic heterocycles. The largest absolute Gasteiger partial charge is 0.465 e. The molecule has 0 radical (unpaired) electrons. The van der Waals surface area contributed by atoms with E-state index in [2.05, 4.69) is 22.0 Å². The third-order valence-electron chi connectivity index (χ3n) is 6.40. The minimum atomic E-state index is -0.882. The van der Waals surface area contributed by atoms with Gasteiger partial charge in [0.1, 0.15) is 0 Å². The molecule has 1 fully saturated rings. The van der Waals surface area contributed by atoms with Crippen molar-refractivity contribution in [2.45, 2.75) is 19.4 Å². The molecule has 1 aromatic heterocycles. The second-order valence-corrected chi connectivity index (χ2v) is 8.32. The molecule has 2 aromatic carbocycles. The van der Waals surface area contributed by atoms with Crippen LogP contribution < -0.4 is 4.90 Å². The monoisotopic (exact) mass is 418 g/mol. The molecule has 2 aliphatic rings. The molecule has 0 atom stereocenters. The van der Waals surface area contributed by atoms with Crippen LogP contribution in [-0.4, -0.2) is 64.6 Å². The van der Waals surface area contributed by atoms with Crippen molar-refractivity contribution in [1.82, 2.24) is 14.8 Å². The number of fused-ring (bicyclic) bond motifs is 3. The lowest BCUT2D eigenvalue weighted by atomic mass is 10.0. The highest BCUT2D eigenvalue weighted by atomic mass is 16.4. The Labute approximate surface area is 180 Å². The molecule has 1 saturated heterocycles. The molecule has 7 heteroatoms. The number of nitrogens with one attached hydrogen (secondary N) is 1. The van der Waals surface area contributed by atoms with Crippen LogP contribution in [0.15, 0.2) is 48.5 Å². The smallest absolute Gasteiger partial charge is 0.407 e. The van der Waals surface area contributed by atoms with Gasteiger partial charge in [0.05, 0.1) is 13.1 Å². The lowest BCUT2D eigenvalue weighted by molar-refractivity contribution is -0.121. The van der Waals surface area contributed by atoms with E-state index < -0.39 is 6.09 Å². The molecule has 5 rings (SSSR count). The van der Waals surface area contributed by atoms with E-state index in [-0.39, 0.29) is 5.91 Å². The Morgan fingerprint density at radius 3 is 2.65 bits per heavy atom. The van der Waals surface area contributed by atoms with Crippen molar-refractivity contribution in [3.05, 3.63) is 65.4 Å². The molecule has 2 amide bonds. The molecule has 0 saturated carbocycles. The van der Waals surface area contributed by atoms with Gasteiger partial charge in [0.2, 0.25) is 5.91 Å². The van der Waals surface area contributed by atoms with Crippen molar-refractivity contribution in [3.8, 4) is 0 Å². The van der Waals surface area contributed by atoms with E-state index in [0.717, 1.165) is 47.4 Å². The van der Waals surface area contributed by atoms with Gasteiger partial charge in [-0.1, -0.05) is 36.4 Å². The number of H-pyrrole nitrogens is 1. The van der Waals surface area contributed by atoms with Crippen molar-refractivity contribution < 1.29 is 14.7 Å². The van der Waals surface area contributed by atoms with Gasteiger partial charge in [-0.15, -0.1) is 0 Å². The van der Waals surface area contributed by atoms with Gasteiger partial charge in [-0.2, -0.15) is 0 Å². The van der Waals surface area contributed by atoms with E-state index in [1.54, 1.807) is 0 Å². The molecule has 0 unspecified atom stereocenters. The normalized spacial score (nSPS) is 17.2. The Kier molecular flexibility index (Phi) is 5.11. The first-order chi connectivity index (χ1) is 15.1. The number of aromatic amines is 1. The van der Waals surface area contributed by atoms with Crippen LogP contribution in [0.25, 0.3) is 10.9 Å². The number of amides is 2. The summed E-state index contributed by atoms with van der Waals surface area (Å²) in [6, 6.07) is 16.4. The summed E-state index contributed by atoms with van der Waals surface area (Å²) >= 11 is 0. The lowest BCUT2D eigenvalue weighted by Crippen LogP contribution is -2.50. The number of carbonyl (C=O) groups is 2. The van der Waals surface area contributed by atoms with E-state index >= 15 is 0 Å². The number of anilines is 1. The molecule has 31 heavy (non-hydrogen) atoms. The quantitative estimate of drug-likeness (QED) is 0.682. The van der Waals surface area contributed by atoms with E-state index in [0.29, 0.717) is 32.6 Å². The highest BCUT2D eigenvalue weighted by molar-refractivity contribution is 5.98. The number of rotatable bonds is 4. The number of hydrogen-bond donors (Lipinski definition) is 2. The van der Waals surface area contributed by atoms with Crippen LogP contribution in [0.3, 0.4) is 0 Å². The summed E-state index contributed by atoms with van der Waals surface area (Å²) in [7, 11) is 0. The van der Waals surface area contributed by atoms with Crippen LogP contribution in [0.4, 0.5) is 10.5 Å². The Bertz CT molecular complexity index is 1120. The highest BCUT2D eigenvalue weighted by Crippen LogP contribution is 2.31. The average Bonchev–Trinajstić information content (AvgIpc) is 3.15. The predicted molar refractivity (Wildman–Crippen MR) is 119 cm³/mol. The number of nitrogens with zero attached hydrogens (tertiary/aromatic N) is 3. The topological polar surface area (TPSA) is 79.9 Å². The van der Waals surface area contributed by atoms with Crippen LogP contribution in [0.2, 0.25) is 0 Å². The minimum absolute atomic E-state index is 0.118. The number of hydrogen-bond acceptors (Lipinski definition) is 3. The standard InChI is InChI=1S/C24H26N4O3/c29-23-16-26(10-8-17-4-2-1-3-5-17)12-13-28(23)18-6-7-19-20-15-27(24(30)31)11-9-21(20)25-22(19)14-18/h1-7,14,25H,8-13,15-16H2,(H,30,31). The summed E-state index contributed by atoms with van der Waals surface area (Å²) < 4.78 is 0. The zero-order valence-corrected chi connectivity index (χ0v) is 17.4. The molecule has 0 bridgehead atoms. The number of piperazine rings is 1. The average molecular weight is 418 g/mol. The van der Waals surface area contributed by atoms with E-state index in [1.807, 2.05) is 41.3 Å². The first kappa shape index (κ1) is 19.6. The van der Waals surface area contributed by atoms with E-state index in [9.17, 15) is 14.7 Å². The molecular weight excluding hydrogens is 392 g/mol. The second-order valence-electron chi connectivity index (χ2n) is 8.32. The van der Waals surface area contributed by atoms with Crippen LogP contribution >= 0.6 is 0 Å². The Balaban J connectivity index is 1.28. The van der Waals surface area contributed by atoms with Gasteiger partial charge in [-0.3, -0.25) is 9.69 Å². The maximum Gasteiger partial charge on any atom is 0.407 e. The SMILES string of the molecule is O=C(O)N1CCc2[nH]c3cc(N4CCN(CCc5ccccc5)CC4=O)ccc3c2C1. The molecular formula is C24H26N4O3. The first-order valence-electron chi connectivity index (χ1n) is 10.8. The zero-order valence-electron chi connectivity index (χ0n) is 17.4. The molecule has 3 aromatic rings. The number of carbonyl (C=O) groups excluding carboxylic acids is 1. The van der Waals surface area contributed by atoms with Gasteiger partial charge in [-0.25, -0.2) is 4.79 Å². The highest BCUT2D eigenvalue weighted by Gasteiger charge is 2.27. The van der Waals surface area contributed by atoms with Crippen LogP contribution in [-0.2, 0) is 24.2 Å². The maximum atomic E-state index is 12.9. The first-order valence-corrected chi connectivity index (χ1v) is 10.8. The minimum Gasteiger partial charge on any atom is -0.465 e. The van der Waals surface area contributed by atoms with Gasteiger partial charge >= 0.3 is 6.09 Å². The molecule has 7 nitrogen and oxygen atoms in total. The van der Waals surface area contributed by atoms with E-state index in [1.165, 1.54) is 10.5 Å². The fourth-order valence-electron chi connectivity index (χ4n) is 4.66. The summed E-state index contributed by atoms with van der Waals surface area (Å²) in [6.07, 6.45) is 0.749. The fraction of sp³-hybridized carbons (Fsp3) is 0.333. The van der Waals surface area contributed by atoms with Crippen molar-refractivity contribution in [1.29, 1.82) is 0 Å². The molecule has 160 valence electrons. The molecule has 0 aliphatic carbocycles. The Morgan fingerprint density at radius 2 is 1.87 bits per heavy atom. The van der Waals surface area contributed by atoms with Crippen LogP contribution in [0, 0.1) is 0 Å². The number of benzene rings is 2. The summed E-state index contributed by atoms with van der Waals surface area (Å²) in [5, 5.41) is 10.3. The Morgan fingerprint density at radius 1 is 1.03 bits per heavy atom.